The van der Waals surface area contributed by atoms with Crippen molar-refractivity contribution in [2.24, 2.45) is 0 Å². The topological polar surface area (TPSA) is 84.4 Å². The molecule has 0 aliphatic carbocycles. The van der Waals surface area contributed by atoms with Gasteiger partial charge in [-0.3, -0.25) is 15.0 Å². The summed E-state index contributed by atoms with van der Waals surface area (Å²) in [6.45, 7) is 0. The molecule has 5 rings (SSSR count). The lowest BCUT2D eigenvalue weighted by Gasteiger charge is -2.15. The smallest absolute Gasteiger partial charge is 0.285 e. The van der Waals surface area contributed by atoms with Gasteiger partial charge in [0.1, 0.15) is 5.75 Å². The van der Waals surface area contributed by atoms with E-state index >= 15 is 0 Å². The molecule has 1 N–H and O–H groups in total. The average molecular weight is 571 g/mol. The van der Waals surface area contributed by atoms with E-state index in [1.165, 1.54) is 12.1 Å². The number of amides is 2. The minimum atomic E-state index is -0.806. The summed E-state index contributed by atoms with van der Waals surface area (Å²) >= 11 is 18.0. The Balaban J connectivity index is 1.50. The highest BCUT2D eigenvalue weighted by molar-refractivity contribution is 8.26. The van der Waals surface area contributed by atoms with Crippen LogP contribution in [-0.2, 0) is 4.79 Å². The number of thioether (sulfide) groups is 1. The van der Waals surface area contributed by atoms with Gasteiger partial charge in [-0.1, -0.05) is 53.7 Å². The van der Waals surface area contributed by atoms with E-state index in [-0.39, 0.29) is 26.1 Å². The molecule has 184 valence electrons. The molecule has 7 nitrogen and oxygen atoms in total. The van der Waals surface area contributed by atoms with Crippen LogP contribution in [0.5, 0.6) is 11.6 Å². The van der Waals surface area contributed by atoms with Crippen molar-refractivity contribution in [3.05, 3.63) is 99.0 Å². The maximum atomic E-state index is 14.3. The van der Waals surface area contributed by atoms with Crippen molar-refractivity contribution in [2.75, 3.05) is 0 Å². The van der Waals surface area contributed by atoms with E-state index in [1.807, 2.05) is 24.3 Å². The summed E-state index contributed by atoms with van der Waals surface area (Å²) in [4.78, 5) is 33.5. The molecule has 1 fully saturated rings. The molecule has 37 heavy (non-hydrogen) atoms. The summed E-state index contributed by atoms with van der Waals surface area (Å²) in [5.41, 5.74) is 3.31. The largest absolute Gasteiger partial charge is 0.436 e. The van der Waals surface area contributed by atoms with Crippen molar-refractivity contribution >= 4 is 80.2 Å². The van der Waals surface area contributed by atoms with Crippen molar-refractivity contribution in [1.82, 2.24) is 20.4 Å². The van der Waals surface area contributed by atoms with Crippen molar-refractivity contribution in [3.8, 4) is 11.6 Å². The zero-order chi connectivity index (χ0) is 26.1. The van der Waals surface area contributed by atoms with Crippen molar-refractivity contribution in [1.29, 1.82) is 0 Å². The highest BCUT2D eigenvalue weighted by Gasteiger charge is 2.34. The van der Waals surface area contributed by atoms with Crippen LogP contribution in [0.25, 0.3) is 16.8 Å². The van der Waals surface area contributed by atoms with E-state index < -0.39 is 17.6 Å². The number of fused-ring (bicyclic) bond motifs is 1. The van der Waals surface area contributed by atoms with Crippen LogP contribution in [0.15, 0.2) is 71.8 Å². The van der Waals surface area contributed by atoms with E-state index in [2.05, 4.69) is 15.4 Å². The summed E-state index contributed by atoms with van der Waals surface area (Å²) < 4.78 is 20.2. The number of ether oxygens (including phenoxy) is 1. The number of aromatic nitrogens is 2. The van der Waals surface area contributed by atoms with Crippen LogP contribution in [0, 0.1) is 5.82 Å². The van der Waals surface area contributed by atoms with E-state index in [0.29, 0.717) is 16.1 Å². The Morgan fingerprint density at radius 1 is 1.11 bits per heavy atom. The molecule has 1 saturated heterocycles. The quantitative estimate of drug-likeness (QED) is 0.168. The molecule has 0 radical (unpaired) electrons. The first-order valence-electron chi connectivity index (χ1n) is 10.5. The number of hydrogen-bond donors (Lipinski definition) is 1. The molecule has 0 spiro atoms. The second-order valence-electron chi connectivity index (χ2n) is 7.56. The van der Waals surface area contributed by atoms with Gasteiger partial charge in [0.15, 0.2) is 4.32 Å². The van der Waals surface area contributed by atoms with Gasteiger partial charge in [0.05, 0.1) is 11.1 Å². The third kappa shape index (κ3) is 5.28. The second kappa shape index (κ2) is 10.4. The number of nitrogens with zero attached hydrogens (tertiary/aromatic N) is 3. The Morgan fingerprint density at radius 3 is 2.65 bits per heavy atom. The monoisotopic (exact) mass is 570 g/mol. The summed E-state index contributed by atoms with van der Waals surface area (Å²) in [5, 5.41) is 2.88. The molecule has 0 bridgehead atoms. The normalized spacial score (nSPS) is 14.5. The van der Waals surface area contributed by atoms with Crippen LogP contribution >= 0.6 is 47.2 Å². The molecular weight excluding hydrogens is 558 g/mol. The number of rotatable bonds is 5. The molecule has 1 aromatic heterocycles. The first kappa shape index (κ1) is 25.1. The Hall–Kier alpha value is -3.57. The fraction of sp³-hybridized carbons (Fsp3) is 0. The molecule has 2 heterocycles. The van der Waals surface area contributed by atoms with Crippen LogP contribution in [0.4, 0.5) is 4.39 Å². The molecule has 0 unspecified atom stereocenters. The third-order valence-corrected chi connectivity index (χ3v) is 6.94. The highest BCUT2D eigenvalue weighted by Crippen LogP contribution is 2.38. The lowest BCUT2D eigenvalue weighted by molar-refractivity contribution is -0.123. The minimum absolute atomic E-state index is 0.134. The van der Waals surface area contributed by atoms with Crippen molar-refractivity contribution < 1.29 is 18.7 Å². The Bertz CT molecular complexity index is 1620. The molecule has 1 aliphatic heterocycles. The van der Waals surface area contributed by atoms with Gasteiger partial charge in [0.25, 0.3) is 17.7 Å². The number of benzene rings is 3. The maximum Gasteiger partial charge on any atom is 0.285 e. The highest BCUT2D eigenvalue weighted by atomic mass is 35.5. The lowest BCUT2D eigenvalue weighted by Crippen LogP contribution is -2.44. The third-order valence-electron chi connectivity index (χ3n) is 5.21. The summed E-state index contributed by atoms with van der Waals surface area (Å²) in [7, 11) is 0. The number of carbonyl (C=O) groups excluding carboxylic acids is 2. The Labute approximate surface area is 229 Å². The number of thiocarbonyl (C=S) groups is 1. The molecule has 1 aliphatic rings. The average Bonchev–Trinajstić information content (AvgIpc) is 3.15. The predicted octanol–water partition coefficient (Wildman–Crippen LogP) is 6.41. The van der Waals surface area contributed by atoms with Crippen molar-refractivity contribution in [2.45, 2.75) is 0 Å². The second-order valence-corrected chi connectivity index (χ2v) is 10.0. The fourth-order valence-corrected chi connectivity index (χ4v) is 4.90. The van der Waals surface area contributed by atoms with Crippen LogP contribution in [0.1, 0.15) is 15.9 Å². The molecule has 2 amide bonds. The van der Waals surface area contributed by atoms with E-state index in [4.69, 9.17) is 40.2 Å². The standard InChI is InChI=1S/C25H13Cl2FN4O3S2/c26-15-8-5-14(6-9-15)21(33)31-32-23(34)20(37-25(32)36)11-17-16-4-2-1-3-13(16)7-10-19(17)35-22-18(28)12-29-24(27)30-22/h1-12H,(H,31,33)/b20-11+. The van der Waals surface area contributed by atoms with Gasteiger partial charge >= 0.3 is 0 Å². The van der Waals surface area contributed by atoms with Gasteiger partial charge < -0.3 is 4.74 Å². The molecule has 3 aromatic carbocycles. The number of carbonyl (C=O) groups is 2. The zero-order valence-corrected chi connectivity index (χ0v) is 21.6. The van der Waals surface area contributed by atoms with Gasteiger partial charge in [-0.05, 0) is 71.0 Å². The van der Waals surface area contributed by atoms with Gasteiger partial charge in [-0.15, -0.1) is 0 Å². The van der Waals surface area contributed by atoms with Crippen molar-refractivity contribution in [3.63, 3.8) is 0 Å². The maximum absolute atomic E-state index is 14.3. The van der Waals surface area contributed by atoms with E-state index in [1.54, 1.807) is 30.3 Å². The van der Waals surface area contributed by atoms with Crippen LogP contribution in [0.3, 0.4) is 0 Å². The van der Waals surface area contributed by atoms with Crippen LogP contribution in [-0.4, -0.2) is 31.1 Å². The summed E-state index contributed by atoms with van der Waals surface area (Å²) in [5.74, 6) is -2.01. The molecule has 4 aromatic rings. The zero-order valence-electron chi connectivity index (χ0n) is 18.4. The lowest BCUT2D eigenvalue weighted by atomic mass is 10.0. The fourth-order valence-electron chi connectivity index (χ4n) is 3.48. The number of hydrazine groups is 1. The minimum Gasteiger partial charge on any atom is -0.436 e. The first-order valence-corrected chi connectivity index (χ1v) is 12.5. The van der Waals surface area contributed by atoms with Crippen LogP contribution in [0.2, 0.25) is 10.3 Å². The first-order chi connectivity index (χ1) is 17.8. The number of halogens is 3. The summed E-state index contributed by atoms with van der Waals surface area (Å²) in [6.07, 6.45) is 2.48. The van der Waals surface area contributed by atoms with E-state index in [0.717, 1.165) is 33.7 Å². The van der Waals surface area contributed by atoms with Gasteiger partial charge in [-0.25, -0.2) is 4.98 Å². The SMILES string of the molecule is O=C(NN1C(=O)/C(=C\c2c(Oc3nc(Cl)ncc3F)ccc3ccccc23)SC1=S)c1ccc(Cl)cc1. The van der Waals surface area contributed by atoms with E-state index in [9.17, 15) is 14.0 Å². The Kier molecular flexibility index (Phi) is 7.07. The molecule has 0 atom stereocenters. The van der Waals surface area contributed by atoms with Crippen LogP contribution < -0.4 is 10.2 Å². The molecular formula is C25H13Cl2FN4O3S2. The predicted molar refractivity (Wildman–Crippen MR) is 145 cm³/mol. The van der Waals surface area contributed by atoms with Gasteiger partial charge in [0, 0.05) is 16.1 Å². The molecule has 0 saturated carbocycles. The summed E-state index contributed by atoms with van der Waals surface area (Å²) in [6, 6.07) is 17.0. The molecule has 12 heteroatoms. The van der Waals surface area contributed by atoms with Gasteiger partial charge in [0.2, 0.25) is 11.1 Å². The van der Waals surface area contributed by atoms with Gasteiger partial charge in [-0.2, -0.15) is 14.4 Å². The number of nitrogens with one attached hydrogen (secondary N) is 1. The Morgan fingerprint density at radius 2 is 1.86 bits per heavy atom. The number of hydrogen-bond acceptors (Lipinski definition) is 7.